The summed E-state index contributed by atoms with van der Waals surface area (Å²) in [6.07, 6.45) is -0.240. The Hall–Kier alpha value is -1.04. The zero-order chi connectivity index (χ0) is 8.72. The van der Waals surface area contributed by atoms with Gasteiger partial charge in [0.05, 0.1) is 5.04 Å². The molecule has 2 aliphatic rings. The fraction of sp³-hybridized carbons (Fsp3) is 0.500. The number of hydrogen-bond acceptors (Lipinski definition) is 4. The van der Waals surface area contributed by atoms with Gasteiger partial charge >= 0.3 is 6.03 Å². The summed E-state index contributed by atoms with van der Waals surface area (Å²) in [6, 6.07) is -0.333. The number of hydrogen-bond donors (Lipinski definition) is 3. The first-order valence-corrected chi connectivity index (χ1v) is 4.42. The Morgan fingerprint density at radius 2 is 2.42 bits per heavy atom. The number of fused-ring (bicyclic) bond motifs is 1. The highest BCUT2D eigenvalue weighted by atomic mass is 32.2. The largest absolute Gasteiger partial charge is 0.321 e. The number of nitrogens with zero attached hydrogens (tertiary/aromatic N) is 1. The lowest BCUT2D eigenvalue weighted by molar-refractivity contribution is 0.239. The Bertz CT molecular complexity index is 287. The lowest BCUT2D eigenvalue weighted by Gasteiger charge is -2.25. The van der Waals surface area contributed by atoms with Crippen LogP contribution in [0.5, 0.6) is 0 Å². The fourth-order valence-corrected chi connectivity index (χ4v) is 2.21. The van der Waals surface area contributed by atoms with Gasteiger partial charge in [-0.3, -0.25) is 15.7 Å². The smallest absolute Gasteiger partial charge is 0.314 e. The highest BCUT2D eigenvalue weighted by molar-refractivity contribution is 8.15. The monoisotopic (exact) mass is 184 g/mol. The molecule has 2 unspecified atom stereocenters. The Morgan fingerprint density at radius 3 is 3.17 bits per heavy atom. The molecule has 0 aliphatic carbocycles. The molecule has 1 saturated heterocycles. The van der Waals surface area contributed by atoms with E-state index in [1.807, 2.05) is 6.92 Å². The second-order valence-corrected chi connectivity index (χ2v) is 3.98. The van der Waals surface area contributed by atoms with Gasteiger partial charge in [0.2, 0.25) is 0 Å². The predicted octanol–water partition coefficient (Wildman–Crippen LogP) is 0.136. The van der Waals surface area contributed by atoms with Crippen LogP contribution >= 0.6 is 11.8 Å². The number of amidine groups is 1. The molecule has 12 heavy (non-hydrogen) atoms. The highest BCUT2D eigenvalue weighted by Gasteiger charge is 2.37. The quantitative estimate of drug-likeness (QED) is 0.500. The molecule has 5 nitrogen and oxygen atoms in total. The summed E-state index contributed by atoms with van der Waals surface area (Å²) < 4.78 is 0. The van der Waals surface area contributed by atoms with Crippen molar-refractivity contribution in [3.8, 4) is 0 Å². The number of carbonyl (C=O) groups is 1. The summed E-state index contributed by atoms with van der Waals surface area (Å²) in [5, 5.41) is 13.4. The molecule has 0 saturated carbocycles. The number of amides is 2. The molecule has 3 N–H and O–H groups in total. The van der Waals surface area contributed by atoms with E-state index in [1.165, 1.54) is 11.8 Å². The van der Waals surface area contributed by atoms with Crippen LogP contribution in [0.25, 0.3) is 0 Å². The Kier molecular flexibility index (Phi) is 1.57. The Morgan fingerprint density at radius 1 is 1.67 bits per heavy atom. The van der Waals surface area contributed by atoms with Crippen molar-refractivity contribution in [3.63, 3.8) is 0 Å². The van der Waals surface area contributed by atoms with E-state index in [9.17, 15) is 4.79 Å². The van der Waals surface area contributed by atoms with E-state index in [2.05, 4.69) is 15.6 Å². The SMILES string of the molecule is CC1=NC2NC(=O)NC(=N)C2S1. The maximum Gasteiger partial charge on any atom is 0.321 e. The van der Waals surface area contributed by atoms with Crippen LogP contribution in [0.1, 0.15) is 6.92 Å². The second-order valence-electron chi connectivity index (χ2n) is 2.64. The normalized spacial score (nSPS) is 33.6. The Labute approximate surface area is 73.5 Å². The molecule has 0 aromatic carbocycles. The van der Waals surface area contributed by atoms with Crippen LogP contribution in [0.3, 0.4) is 0 Å². The van der Waals surface area contributed by atoms with Crippen LogP contribution < -0.4 is 10.6 Å². The standard InChI is InChI=1S/C6H8N4OS/c1-2-8-5-3(12-2)4(7)9-6(11)10-5/h3,5H,1H3,(H3,7,9,10,11). The molecule has 6 heteroatoms. The van der Waals surface area contributed by atoms with Gasteiger partial charge in [0.1, 0.15) is 17.3 Å². The van der Waals surface area contributed by atoms with Gasteiger partial charge in [-0.1, -0.05) is 11.8 Å². The summed E-state index contributed by atoms with van der Waals surface area (Å²) >= 11 is 1.51. The highest BCUT2D eigenvalue weighted by Crippen LogP contribution is 2.27. The summed E-state index contributed by atoms with van der Waals surface area (Å²) in [5.74, 6) is 0.245. The average Bonchev–Trinajstić information content (AvgIpc) is 2.29. The average molecular weight is 184 g/mol. The van der Waals surface area contributed by atoms with E-state index in [0.29, 0.717) is 0 Å². The molecular weight excluding hydrogens is 176 g/mol. The van der Waals surface area contributed by atoms with Crippen LogP contribution in [0.4, 0.5) is 4.79 Å². The van der Waals surface area contributed by atoms with Crippen molar-refractivity contribution in [2.24, 2.45) is 4.99 Å². The van der Waals surface area contributed by atoms with Gasteiger partial charge in [-0.2, -0.15) is 0 Å². The lowest BCUT2D eigenvalue weighted by atomic mass is 10.2. The molecule has 2 aliphatic heterocycles. The van der Waals surface area contributed by atoms with Crippen LogP contribution in [-0.2, 0) is 0 Å². The number of carbonyl (C=O) groups excluding carboxylic acids is 1. The molecule has 1 fully saturated rings. The van der Waals surface area contributed by atoms with Crippen molar-refractivity contribution in [2.45, 2.75) is 18.3 Å². The molecular formula is C6H8N4OS. The molecule has 0 aromatic heterocycles. The third kappa shape index (κ3) is 1.08. The summed E-state index contributed by atoms with van der Waals surface area (Å²) in [7, 11) is 0. The van der Waals surface area contributed by atoms with Gasteiger partial charge in [-0.15, -0.1) is 0 Å². The molecule has 2 amide bonds. The lowest BCUT2D eigenvalue weighted by Crippen LogP contribution is -2.57. The minimum absolute atomic E-state index is 0.0531. The van der Waals surface area contributed by atoms with E-state index in [1.54, 1.807) is 0 Å². The molecule has 0 aromatic rings. The molecule has 0 radical (unpaired) electrons. The Balaban J connectivity index is 2.22. The summed E-state index contributed by atoms with van der Waals surface area (Å²) in [6.45, 7) is 1.88. The van der Waals surface area contributed by atoms with Gasteiger partial charge in [0.15, 0.2) is 0 Å². The second kappa shape index (κ2) is 2.48. The third-order valence-electron chi connectivity index (χ3n) is 1.72. The molecule has 2 heterocycles. The van der Waals surface area contributed by atoms with Crippen molar-refractivity contribution in [3.05, 3.63) is 0 Å². The first kappa shape index (κ1) is 7.60. The van der Waals surface area contributed by atoms with Crippen molar-refractivity contribution >= 4 is 28.7 Å². The third-order valence-corrected chi connectivity index (χ3v) is 2.91. The maximum absolute atomic E-state index is 10.9. The van der Waals surface area contributed by atoms with Crippen molar-refractivity contribution in [1.82, 2.24) is 10.6 Å². The first-order chi connectivity index (χ1) is 5.66. The fourth-order valence-electron chi connectivity index (χ4n) is 1.23. The maximum atomic E-state index is 10.9. The van der Waals surface area contributed by atoms with Gasteiger partial charge in [0.25, 0.3) is 0 Å². The number of urea groups is 1. The van der Waals surface area contributed by atoms with E-state index < -0.39 is 0 Å². The van der Waals surface area contributed by atoms with Gasteiger partial charge in [-0.25, -0.2) is 4.79 Å². The predicted molar refractivity (Wildman–Crippen MR) is 47.7 cm³/mol. The van der Waals surface area contributed by atoms with Crippen LogP contribution in [0.15, 0.2) is 4.99 Å². The number of rotatable bonds is 0. The molecule has 2 atom stereocenters. The number of aliphatic imine (C=N–C) groups is 1. The van der Waals surface area contributed by atoms with Crippen molar-refractivity contribution in [1.29, 1.82) is 5.41 Å². The van der Waals surface area contributed by atoms with Gasteiger partial charge in [-0.05, 0) is 6.92 Å². The molecule has 64 valence electrons. The van der Waals surface area contributed by atoms with Gasteiger partial charge < -0.3 is 5.32 Å². The minimum atomic E-state index is -0.333. The molecule has 0 spiro atoms. The van der Waals surface area contributed by atoms with Crippen molar-refractivity contribution in [2.75, 3.05) is 0 Å². The van der Waals surface area contributed by atoms with Crippen LogP contribution in [0.2, 0.25) is 0 Å². The zero-order valence-corrected chi connectivity index (χ0v) is 7.23. The zero-order valence-electron chi connectivity index (χ0n) is 6.42. The first-order valence-electron chi connectivity index (χ1n) is 3.54. The number of nitrogens with one attached hydrogen (secondary N) is 3. The molecule has 2 rings (SSSR count). The topological polar surface area (TPSA) is 77.3 Å². The number of thioether (sulfide) groups is 1. The van der Waals surface area contributed by atoms with E-state index in [-0.39, 0.29) is 23.3 Å². The minimum Gasteiger partial charge on any atom is -0.314 e. The van der Waals surface area contributed by atoms with E-state index in [0.717, 1.165) is 5.04 Å². The van der Waals surface area contributed by atoms with E-state index >= 15 is 0 Å². The van der Waals surface area contributed by atoms with E-state index in [4.69, 9.17) is 5.41 Å². The van der Waals surface area contributed by atoms with Gasteiger partial charge in [0, 0.05) is 0 Å². The van der Waals surface area contributed by atoms with Crippen molar-refractivity contribution < 1.29 is 4.79 Å². The van der Waals surface area contributed by atoms with Crippen LogP contribution in [0, 0.1) is 5.41 Å². The summed E-state index contributed by atoms with van der Waals surface area (Å²) in [5.41, 5.74) is 0. The summed E-state index contributed by atoms with van der Waals surface area (Å²) in [4.78, 5) is 15.1. The molecule has 0 bridgehead atoms. The van der Waals surface area contributed by atoms with Crippen LogP contribution in [-0.4, -0.2) is 28.3 Å².